The number of anilines is 1. The molecule has 2 unspecified atom stereocenters. The van der Waals surface area contributed by atoms with Crippen LogP contribution in [-0.4, -0.2) is 37.3 Å². The Labute approximate surface area is 197 Å². The molecule has 0 fully saturated rings. The molecule has 0 aromatic carbocycles. The molecule has 0 bridgehead atoms. The minimum Gasteiger partial charge on any atom is -0.467 e. The maximum Gasteiger partial charge on any atom is 0.339 e. The normalized spacial score (nSPS) is 14.2. The monoisotopic (exact) mass is 458 g/mol. The molecule has 1 aromatic rings. The highest BCUT2D eigenvalue weighted by Crippen LogP contribution is 2.54. The summed E-state index contributed by atoms with van der Waals surface area (Å²) in [6.07, 6.45) is 0.0601. The topological polar surface area (TPSA) is 51.7 Å². The number of hydrogen-bond acceptors (Lipinski definition) is 5. The van der Waals surface area contributed by atoms with E-state index in [9.17, 15) is 4.79 Å². The average Bonchev–Trinajstić information content (AvgIpc) is 3.14. The summed E-state index contributed by atoms with van der Waals surface area (Å²) in [4.78, 5) is 20.2. The Balaban J connectivity index is 2.40. The lowest BCUT2D eigenvalue weighted by molar-refractivity contribution is -0.164. The summed E-state index contributed by atoms with van der Waals surface area (Å²) in [5.41, 5.74) is 6.34. The molecule has 0 N–H and O–H groups in total. The summed E-state index contributed by atoms with van der Waals surface area (Å²) < 4.78 is 11.5. The van der Waals surface area contributed by atoms with Crippen LogP contribution in [0.15, 0.2) is 12.1 Å². The largest absolute Gasteiger partial charge is 0.467 e. The number of halogens is 1. The molecule has 32 heavy (non-hydrogen) atoms. The van der Waals surface area contributed by atoms with Gasteiger partial charge in [-0.1, -0.05) is 25.4 Å². The highest BCUT2D eigenvalue weighted by molar-refractivity contribution is 6.42. The molecule has 0 spiro atoms. The van der Waals surface area contributed by atoms with Gasteiger partial charge in [-0.2, -0.15) is 0 Å². The fourth-order valence-corrected chi connectivity index (χ4v) is 4.38. The molecule has 0 saturated carbocycles. The summed E-state index contributed by atoms with van der Waals surface area (Å²) in [5.74, 6) is 0.748. The van der Waals surface area contributed by atoms with Crippen LogP contribution in [0.1, 0.15) is 76.8 Å². The minimum absolute atomic E-state index is 0.231. The third-order valence-corrected chi connectivity index (χ3v) is 6.53. The van der Waals surface area contributed by atoms with Gasteiger partial charge in [0.05, 0.1) is 17.7 Å². The van der Waals surface area contributed by atoms with Gasteiger partial charge in [0.2, 0.25) is 0 Å². The second kappa shape index (κ2) is 9.03. The van der Waals surface area contributed by atoms with Crippen molar-refractivity contribution in [3.63, 3.8) is 0 Å². The van der Waals surface area contributed by atoms with E-state index in [1.54, 1.807) is 0 Å². The van der Waals surface area contributed by atoms with E-state index in [0.29, 0.717) is 0 Å². The molecule has 6 heteroatoms. The number of ether oxygens (including phenoxy) is 2. The van der Waals surface area contributed by atoms with Crippen molar-refractivity contribution in [3.8, 4) is 22.3 Å². The number of benzene rings is 1. The van der Waals surface area contributed by atoms with Gasteiger partial charge in [-0.25, -0.2) is 9.78 Å². The van der Waals surface area contributed by atoms with Crippen LogP contribution in [0.3, 0.4) is 0 Å². The van der Waals surface area contributed by atoms with Crippen LogP contribution >= 0.6 is 11.6 Å². The quantitative estimate of drug-likeness (QED) is 0.352. The van der Waals surface area contributed by atoms with E-state index in [0.717, 1.165) is 62.9 Å². The molecular formula is C26H35ClN2O3. The van der Waals surface area contributed by atoms with Crippen molar-refractivity contribution in [2.45, 2.75) is 72.5 Å². The lowest BCUT2D eigenvalue weighted by Crippen LogP contribution is -2.30. The first-order chi connectivity index (χ1) is 14.9. The van der Waals surface area contributed by atoms with E-state index in [1.807, 2.05) is 27.7 Å². The summed E-state index contributed by atoms with van der Waals surface area (Å²) in [6.45, 7) is 15.1. The summed E-state index contributed by atoms with van der Waals surface area (Å²) in [5, 5.41) is 0.826. The highest BCUT2D eigenvalue weighted by Gasteiger charge is 2.37. The number of carbonyl (C=O) groups is 1. The van der Waals surface area contributed by atoms with Gasteiger partial charge in [-0.05, 0) is 70.2 Å². The Morgan fingerprint density at radius 1 is 1.19 bits per heavy atom. The third-order valence-electron chi connectivity index (χ3n) is 6.12. The second-order valence-electron chi connectivity index (χ2n) is 9.57. The van der Waals surface area contributed by atoms with Crippen molar-refractivity contribution >= 4 is 23.4 Å². The maximum absolute atomic E-state index is 13.0. The van der Waals surface area contributed by atoms with Crippen LogP contribution in [0.5, 0.6) is 0 Å². The fraction of sp³-hybridized carbons (Fsp3) is 0.538. The van der Waals surface area contributed by atoms with Crippen LogP contribution in [0.2, 0.25) is 5.02 Å². The molecule has 1 heterocycles. The number of aromatic nitrogens is 1. The van der Waals surface area contributed by atoms with E-state index in [4.69, 9.17) is 26.1 Å². The van der Waals surface area contributed by atoms with E-state index in [-0.39, 0.29) is 5.92 Å². The van der Waals surface area contributed by atoms with Crippen molar-refractivity contribution in [1.29, 1.82) is 0 Å². The summed E-state index contributed by atoms with van der Waals surface area (Å²) >= 11 is 6.28. The highest BCUT2D eigenvalue weighted by atomic mass is 35.5. The second-order valence-corrected chi connectivity index (χ2v) is 9.94. The SMILES string of the molecule is CCC(C)c1c(N(C)CC)nc(C)c(C(OC(C)(C)C)C(=O)OC)c1-c1cc2c(Cl)c-2c1. The number of methoxy groups -OCH3 is 1. The first kappa shape index (κ1) is 24.5. The van der Waals surface area contributed by atoms with Crippen molar-refractivity contribution in [2.75, 3.05) is 25.6 Å². The van der Waals surface area contributed by atoms with E-state index in [2.05, 4.69) is 44.9 Å². The van der Waals surface area contributed by atoms with Crippen molar-refractivity contribution in [3.05, 3.63) is 34.0 Å². The predicted molar refractivity (Wildman–Crippen MR) is 132 cm³/mol. The fourth-order valence-electron chi connectivity index (χ4n) is 4.12. The standard InChI is InChI=1S/C26H35ClN2O3/c1-10-14(3)19-21(16-12-17-18(13-16)22(17)27)20(15(4)28-24(19)29(8)11-2)23(25(30)31-9)32-26(5,6)7/h12-14,23H,10-11H2,1-9H3. The Hall–Kier alpha value is -2.11. The molecule has 1 aromatic heterocycles. The predicted octanol–water partition coefficient (Wildman–Crippen LogP) is 6.69. The molecule has 5 nitrogen and oxygen atoms in total. The average molecular weight is 459 g/mol. The van der Waals surface area contributed by atoms with Gasteiger partial charge in [-0.3, -0.25) is 0 Å². The number of nitrogens with zero attached hydrogens (tertiary/aromatic N) is 2. The molecule has 0 aliphatic heterocycles. The lowest BCUT2D eigenvalue weighted by Gasteiger charge is -2.32. The van der Waals surface area contributed by atoms with Crippen molar-refractivity contribution < 1.29 is 14.3 Å². The van der Waals surface area contributed by atoms with Gasteiger partial charge in [0.25, 0.3) is 0 Å². The molecule has 2 aliphatic rings. The Morgan fingerprint density at radius 3 is 2.25 bits per heavy atom. The van der Waals surface area contributed by atoms with Gasteiger partial charge in [0.1, 0.15) is 5.82 Å². The number of pyridine rings is 1. The zero-order chi connectivity index (χ0) is 24.0. The van der Waals surface area contributed by atoms with Crippen LogP contribution < -0.4 is 4.90 Å². The van der Waals surface area contributed by atoms with Crippen LogP contribution in [-0.2, 0) is 14.3 Å². The molecule has 3 rings (SSSR count). The molecule has 2 atom stereocenters. The van der Waals surface area contributed by atoms with Crippen LogP contribution in [0.4, 0.5) is 5.82 Å². The number of esters is 1. The maximum atomic E-state index is 13.0. The van der Waals surface area contributed by atoms with Crippen LogP contribution in [0.25, 0.3) is 22.3 Å². The Bertz CT molecular complexity index is 1020. The number of aryl methyl sites for hydroxylation is 1. The lowest BCUT2D eigenvalue weighted by atomic mass is 9.85. The molecule has 0 saturated heterocycles. The van der Waals surface area contributed by atoms with Gasteiger partial charge in [-0.15, -0.1) is 0 Å². The molecule has 0 radical (unpaired) electrons. The van der Waals surface area contributed by atoms with Gasteiger partial charge < -0.3 is 14.4 Å². The summed E-state index contributed by atoms with van der Waals surface area (Å²) in [6, 6.07) is 4.23. The van der Waals surface area contributed by atoms with E-state index < -0.39 is 17.7 Å². The Kier molecular flexibility index (Phi) is 6.92. The number of fused-ring (bicyclic) bond motifs is 1. The smallest absolute Gasteiger partial charge is 0.339 e. The first-order valence-electron chi connectivity index (χ1n) is 11.3. The third kappa shape index (κ3) is 4.51. The minimum atomic E-state index is -0.882. The molecule has 174 valence electrons. The zero-order valence-electron chi connectivity index (χ0n) is 20.7. The molecule has 0 amide bonds. The van der Waals surface area contributed by atoms with Gasteiger partial charge in [0.15, 0.2) is 6.10 Å². The number of carbonyl (C=O) groups excluding carboxylic acids is 1. The van der Waals surface area contributed by atoms with Gasteiger partial charge >= 0.3 is 5.97 Å². The number of rotatable bonds is 8. The number of hydrogen-bond donors (Lipinski definition) is 0. The van der Waals surface area contributed by atoms with Crippen molar-refractivity contribution in [2.24, 2.45) is 0 Å². The van der Waals surface area contributed by atoms with Crippen molar-refractivity contribution in [1.82, 2.24) is 4.98 Å². The van der Waals surface area contributed by atoms with Crippen LogP contribution in [0, 0.1) is 6.92 Å². The first-order valence-corrected chi connectivity index (χ1v) is 11.7. The molecular weight excluding hydrogens is 424 g/mol. The molecule has 2 aliphatic carbocycles. The summed E-state index contributed by atoms with van der Waals surface area (Å²) in [7, 11) is 3.45. The Morgan fingerprint density at radius 2 is 1.78 bits per heavy atom. The van der Waals surface area contributed by atoms with E-state index >= 15 is 0 Å². The van der Waals surface area contributed by atoms with Gasteiger partial charge in [0, 0.05) is 41.5 Å². The zero-order valence-corrected chi connectivity index (χ0v) is 21.5. The van der Waals surface area contributed by atoms with E-state index in [1.165, 1.54) is 7.11 Å².